The van der Waals surface area contributed by atoms with Gasteiger partial charge in [-0.2, -0.15) is 0 Å². The minimum atomic E-state index is 0.295. The van der Waals surface area contributed by atoms with Crippen LogP contribution in [0.15, 0.2) is 24.3 Å². The second-order valence-electron chi connectivity index (χ2n) is 5.18. The summed E-state index contributed by atoms with van der Waals surface area (Å²) in [5, 5.41) is 0.810. The Kier molecular flexibility index (Phi) is 3.88. The number of hydrogen-bond acceptors (Lipinski definition) is 1. The summed E-state index contributed by atoms with van der Waals surface area (Å²) in [5.41, 5.74) is 7.54. The Balaban J connectivity index is 1.94. The van der Waals surface area contributed by atoms with Gasteiger partial charge in [-0.3, -0.25) is 0 Å². The number of benzene rings is 1. The number of nitrogens with two attached hydrogens (primary N) is 1. The molecule has 1 nitrogen and oxygen atoms in total. The van der Waals surface area contributed by atoms with Crippen LogP contribution in [0.4, 0.5) is 0 Å². The number of halogens is 1. The third-order valence-corrected chi connectivity index (χ3v) is 3.94. The first-order valence-electron chi connectivity index (χ1n) is 6.15. The molecule has 0 aromatic heterocycles. The highest BCUT2D eigenvalue weighted by atomic mass is 35.5. The molecule has 1 aliphatic rings. The summed E-state index contributed by atoms with van der Waals surface area (Å²) in [4.78, 5) is 0. The van der Waals surface area contributed by atoms with E-state index in [0.29, 0.717) is 12.0 Å². The number of hydrogen-bond donors (Lipinski definition) is 1. The molecule has 16 heavy (non-hydrogen) atoms. The van der Waals surface area contributed by atoms with Gasteiger partial charge in [0.25, 0.3) is 0 Å². The van der Waals surface area contributed by atoms with E-state index in [1.165, 1.54) is 24.8 Å². The maximum absolute atomic E-state index is 6.28. The molecule has 0 heterocycles. The van der Waals surface area contributed by atoms with Gasteiger partial charge in [0.1, 0.15) is 0 Å². The quantitative estimate of drug-likeness (QED) is 0.854. The lowest BCUT2D eigenvalue weighted by atomic mass is 9.92. The van der Waals surface area contributed by atoms with Gasteiger partial charge in [-0.25, -0.2) is 0 Å². The highest BCUT2D eigenvalue weighted by Crippen LogP contribution is 2.33. The number of rotatable bonds is 3. The molecule has 1 aromatic carbocycles. The smallest absolute Gasteiger partial charge is 0.0408 e. The first kappa shape index (κ1) is 11.9. The van der Waals surface area contributed by atoms with Gasteiger partial charge in [0, 0.05) is 11.1 Å². The zero-order chi connectivity index (χ0) is 11.5. The molecule has 0 aliphatic heterocycles. The topological polar surface area (TPSA) is 26.0 Å². The summed E-state index contributed by atoms with van der Waals surface area (Å²) < 4.78 is 0. The van der Waals surface area contributed by atoms with Crippen LogP contribution < -0.4 is 5.73 Å². The second kappa shape index (κ2) is 5.20. The molecule has 2 rings (SSSR count). The molecule has 1 aromatic rings. The van der Waals surface area contributed by atoms with Crippen LogP contribution in [0.5, 0.6) is 0 Å². The van der Waals surface area contributed by atoms with Crippen molar-refractivity contribution in [1.82, 2.24) is 0 Å². The average molecular weight is 238 g/mol. The SMILES string of the molecule is CC1CCC(C(N)Cc2cccc(Cl)c2)C1. The Morgan fingerprint density at radius 3 is 2.88 bits per heavy atom. The highest BCUT2D eigenvalue weighted by Gasteiger charge is 2.26. The molecule has 3 atom stereocenters. The van der Waals surface area contributed by atoms with Crippen molar-refractivity contribution in [3.05, 3.63) is 34.9 Å². The van der Waals surface area contributed by atoms with Crippen LogP contribution in [-0.4, -0.2) is 6.04 Å². The van der Waals surface area contributed by atoms with Crippen molar-refractivity contribution in [2.45, 2.75) is 38.6 Å². The average Bonchev–Trinajstić information content (AvgIpc) is 2.65. The van der Waals surface area contributed by atoms with Crippen molar-refractivity contribution in [1.29, 1.82) is 0 Å². The van der Waals surface area contributed by atoms with E-state index >= 15 is 0 Å². The molecule has 0 amide bonds. The van der Waals surface area contributed by atoms with Crippen LogP contribution in [0.3, 0.4) is 0 Å². The molecule has 1 saturated carbocycles. The van der Waals surface area contributed by atoms with E-state index in [2.05, 4.69) is 13.0 Å². The molecule has 88 valence electrons. The minimum Gasteiger partial charge on any atom is -0.327 e. The molecule has 2 heteroatoms. The molecule has 0 saturated heterocycles. The summed E-state index contributed by atoms with van der Waals surface area (Å²) in [6.07, 6.45) is 4.89. The monoisotopic (exact) mass is 237 g/mol. The fraction of sp³-hybridized carbons (Fsp3) is 0.571. The van der Waals surface area contributed by atoms with Crippen LogP contribution in [0.25, 0.3) is 0 Å². The lowest BCUT2D eigenvalue weighted by Gasteiger charge is -2.19. The molecule has 0 bridgehead atoms. The Morgan fingerprint density at radius 1 is 1.44 bits per heavy atom. The van der Waals surface area contributed by atoms with Crippen molar-refractivity contribution < 1.29 is 0 Å². The molecular weight excluding hydrogens is 218 g/mol. The maximum Gasteiger partial charge on any atom is 0.0408 e. The summed E-state index contributed by atoms with van der Waals surface area (Å²) in [7, 11) is 0. The zero-order valence-electron chi connectivity index (χ0n) is 9.83. The Morgan fingerprint density at radius 2 is 2.25 bits per heavy atom. The van der Waals surface area contributed by atoms with Crippen molar-refractivity contribution in [2.24, 2.45) is 17.6 Å². The summed E-state index contributed by atoms with van der Waals surface area (Å²) >= 11 is 5.97. The molecule has 0 spiro atoms. The van der Waals surface area contributed by atoms with Gasteiger partial charge < -0.3 is 5.73 Å². The van der Waals surface area contributed by atoms with Crippen molar-refractivity contribution >= 4 is 11.6 Å². The van der Waals surface area contributed by atoms with Gasteiger partial charge in [-0.05, 0) is 48.8 Å². The molecule has 1 aliphatic carbocycles. The Hall–Kier alpha value is -0.530. The minimum absolute atomic E-state index is 0.295. The van der Waals surface area contributed by atoms with Crippen LogP contribution in [0, 0.1) is 11.8 Å². The Bertz CT molecular complexity index is 350. The molecule has 2 N–H and O–H groups in total. The van der Waals surface area contributed by atoms with Crippen LogP contribution in [-0.2, 0) is 6.42 Å². The molecule has 3 unspecified atom stereocenters. The Labute approximate surface area is 103 Å². The standard InChI is InChI=1S/C14H20ClN/c1-10-5-6-12(7-10)14(16)9-11-3-2-4-13(15)8-11/h2-4,8,10,12,14H,5-7,9,16H2,1H3. The van der Waals surface area contributed by atoms with Gasteiger partial charge in [0.15, 0.2) is 0 Å². The predicted molar refractivity (Wildman–Crippen MR) is 69.6 cm³/mol. The van der Waals surface area contributed by atoms with Crippen LogP contribution >= 0.6 is 11.6 Å². The summed E-state index contributed by atoms with van der Waals surface area (Å²) in [6.45, 7) is 2.33. The van der Waals surface area contributed by atoms with E-state index < -0.39 is 0 Å². The van der Waals surface area contributed by atoms with E-state index in [4.69, 9.17) is 17.3 Å². The summed E-state index contributed by atoms with van der Waals surface area (Å²) in [5.74, 6) is 1.56. The van der Waals surface area contributed by atoms with E-state index in [0.717, 1.165) is 17.4 Å². The van der Waals surface area contributed by atoms with Gasteiger partial charge in [-0.1, -0.05) is 37.1 Å². The largest absolute Gasteiger partial charge is 0.327 e. The van der Waals surface area contributed by atoms with E-state index in [-0.39, 0.29) is 0 Å². The fourth-order valence-electron chi connectivity index (χ4n) is 2.74. The zero-order valence-corrected chi connectivity index (χ0v) is 10.6. The molecular formula is C14H20ClN. The van der Waals surface area contributed by atoms with Crippen LogP contribution in [0.1, 0.15) is 31.7 Å². The van der Waals surface area contributed by atoms with E-state index in [9.17, 15) is 0 Å². The first-order valence-corrected chi connectivity index (χ1v) is 6.53. The first-order chi connectivity index (χ1) is 7.65. The predicted octanol–water partition coefficient (Wildman–Crippen LogP) is 3.65. The van der Waals surface area contributed by atoms with Gasteiger partial charge in [-0.15, -0.1) is 0 Å². The lowest BCUT2D eigenvalue weighted by Crippen LogP contribution is -2.30. The van der Waals surface area contributed by atoms with Crippen molar-refractivity contribution in [2.75, 3.05) is 0 Å². The van der Waals surface area contributed by atoms with E-state index in [1.807, 2.05) is 18.2 Å². The third-order valence-electron chi connectivity index (χ3n) is 3.70. The van der Waals surface area contributed by atoms with Gasteiger partial charge >= 0.3 is 0 Å². The van der Waals surface area contributed by atoms with Gasteiger partial charge in [0.2, 0.25) is 0 Å². The van der Waals surface area contributed by atoms with Gasteiger partial charge in [0.05, 0.1) is 0 Å². The maximum atomic E-state index is 6.28. The van der Waals surface area contributed by atoms with E-state index in [1.54, 1.807) is 0 Å². The molecule has 0 radical (unpaired) electrons. The molecule has 1 fully saturated rings. The normalized spacial score (nSPS) is 26.9. The highest BCUT2D eigenvalue weighted by molar-refractivity contribution is 6.30. The summed E-state index contributed by atoms with van der Waals surface area (Å²) in [6, 6.07) is 8.35. The van der Waals surface area contributed by atoms with Crippen molar-refractivity contribution in [3.8, 4) is 0 Å². The fourth-order valence-corrected chi connectivity index (χ4v) is 2.96. The third kappa shape index (κ3) is 2.99. The lowest BCUT2D eigenvalue weighted by molar-refractivity contribution is 0.415. The van der Waals surface area contributed by atoms with Crippen LogP contribution in [0.2, 0.25) is 5.02 Å². The second-order valence-corrected chi connectivity index (χ2v) is 5.61. The van der Waals surface area contributed by atoms with Crippen molar-refractivity contribution in [3.63, 3.8) is 0 Å².